The van der Waals surface area contributed by atoms with Crippen molar-refractivity contribution in [3.63, 3.8) is 0 Å². The second kappa shape index (κ2) is 24.3. The van der Waals surface area contributed by atoms with Crippen LogP contribution in [0.4, 0.5) is 21.9 Å². The fourth-order valence-corrected chi connectivity index (χ4v) is 6.87. The number of amides is 2. The van der Waals surface area contributed by atoms with Gasteiger partial charge >= 0.3 is 25.6 Å². The number of esters is 2. The minimum atomic E-state index is -3.62. The van der Waals surface area contributed by atoms with E-state index in [2.05, 4.69) is 43.2 Å². The summed E-state index contributed by atoms with van der Waals surface area (Å²) in [7, 11) is -3.62. The van der Waals surface area contributed by atoms with Crippen LogP contribution in [0.2, 0.25) is 0 Å². The number of hydrogen-bond acceptors (Lipinski definition) is 9. The van der Waals surface area contributed by atoms with Crippen LogP contribution in [-0.2, 0) is 39.3 Å². The van der Waals surface area contributed by atoms with Crippen molar-refractivity contribution in [2.75, 3.05) is 35.3 Å². The third-order valence-corrected chi connectivity index (χ3v) is 9.78. The third-order valence-electron chi connectivity index (χ3n) is 8.48. The highest BCUT2D eigenvalue weighted by molar-refractivity contribution is 7.59. The molecule has 312 valence electrons. The molecule has 0 radical (unpaired) electrons. The Morgan fingerprint density at radius 1 is 0.804 bits per heavy atom. The van der Waals surface area contributed by atoms with E-state index in [1.165, 1.54) is 13.6 Å². The van der Waals surface area contributed by atoms with Gasteiger partial charge in [-0.05, 0) is 73.4 Å². The Balaban J connectivity index is 0.00000784. The van der Waals surface area contributed by atoms with Crippen molar-refractivity contribution < 1.29 is 37.5 Å². The van der Waals surface area contributed by atoms with Crippen LogP contribution < -0.4 is 15.5 Å². The second-order valence-electron chi connectivity index (χ2n) is 15.0. The molecule has 2 N–H and O–H groups in total. The molecule has 0 aliphatic carbocycles. The molecule has 4 atom stereocenters. The van der Waals surface area contributed by atoms with Crippen molar-refractivity contribution in [2.24, 2.45) is 17.8 Å². The number of urea groups is 1. The van der Waals surface area contributed by atoms with E-state index in [9.17, 15) is 18.9 Å². The molecular formula is C42H64N3O8PS2. The van der Waals surface area contributed by atoms with Crippen LogP contribution in [0.25, 0.3) is 0 Å². The average Bonchev–Trinajstić information content (AvgIpc) is 3.10. The SMILES string of the molecule is CC[C@@H](CC(=O)OC(OC(=O)[C@H](C)OP(C)(=O)OCc1ccccc1)C(C)C)c1ccc(N(CC(C)C)CC(C)C)c(NC(=O)Nc2ccc(C)cc2)c1.S.S. The minimum Gasteiger partial charge on any atom is -0.425 e. The lowest BCUT2D eigenvalue weighted by Crippen LogP contribution is -2.34. The zero-order chi connectivity index (χ0) is 40.0. The topological polar surface area (TPSA) is 132 Å². The summed E-state index contributed by atoms with van der Waals surface area (Å²) in [5, 5.41) is 6.00. The van der Waals surface area contributed by atoms with Gasteiger partial charge in [-0.1, -0.05) is 103 Å². The molecule has 0 heterocycles. The number of aryl methyl sites for hydroxylation is 1. The van der Waals surface area contributed by atoms with Crippen molar-refractivity contribution in [1.29, 1.82) is 0 Å². The van der Waals surface area contributed by atoms with Crippen LogP contribution in [0.1, 0.15) is 90.8 Å². The number of benzene rings is 3. The average molecular weight is 834 g/mol. The number of hydrogen-bond donors (Lipinski definition) is 2. The molecule has 56 heavy (non-hydrogen) atoms. The highest BCUT2D eigenvalue weighted by Crippen LogP contribution is 2.46. The summed E-state index contributed by atoms with van der Waals surface area (Å²) in [5.74, 6) is -1.24. The maximum Gasteiger partial charge on any atom is 0.338 e. The summed E-state index contributed by atoms with van der Waals surface area (Å²) >= 11 is 0. The Bertz CT molecular complexity index is 1700. The van der Waals surface area contributed by atoms with Gasteiger partial charge in [0, 0.05) is 31.4 Å². The van der Waals surface area contributed by atoms with Crippen molar-refractivity contribution in [3.05, 3.63) is 89.5 Å². The fourth-order valence-electron chi connectivity index (χ4n) is 5.77. The third kappa shape index (κ3) is 17.3. The van der Waals surface area contributed by atoms with Crippen LogP contribution in [-0.4, -0.2) is 50.1 Å². The number of nitrogens with one attached hydrogen (secondary N) is 2. The van der Waals surface area contributed by atoms with Crippen LogP contribution in [0.5, 0.6) is 0 Å². The number of ether oxygens (including phenoxy) is 2. The number of nitrogens with zero attached hydrogens (tertiary/aromatic N) is 1. The Hall–Kier alpha value is -3.48. The Kier molecular flexibility index (Phi) is 22.0. The fraction of sp³-hybridized carbons (Fsp3) is 0.500. The zero-order valence-corrected chi connectivity index (χ0v) is 37.5. The molecule has 11 nitrogen and oxygen atoms in total. The molecule has 0 aromatic heterocycles. The molecule has 2 unspecified atom stereocenters. The summed E-state index contributed by atoms with van der Waals surface area (Å²) in [6.07, 6.45) is -1.81. The summed E-state index contributed by atoms with van der Waals surface area (Å²) in [4.78, 5) is 42.0. The zero-order valence-electron chi connectivity index (χ0n) is 34.6. The summed E-state index contributed by atoms with van der Waals surface area (Å²) in [6.45, 7) is 20.5. The van der Waals surface area contributed by atoms with Gasteiger partial charge in [-0.2, -0.15) is 27.0 Å². The number of rotatable bonds is 20. The Morgan fingerprint density at radius 3 is 1.96 bits per heavy atom. The van der Waals surface area contributed by atoms with Gasteiger partial charge in [-0.25, -0.2) is 9.59 Å². The second-order valence-corrected chi connectivity index (χ2v) is 17.1. The quantitative estimate of drug-likeness (QED) is 0.0648. The van der Waals surface area contributed by atoms with Crippen LogP contribution in [0.15, 0.2) is 72.8 Å². The van der Waals surface area contributed by atoms with Gasteiger partial charge in [0.1, 0.15) is 0 Å². The number of carbonyl (C=O) groups excluding carboxylic acids is 3. The van der Waals surface area contributed by atoms with E-state index in [0.717, 1.165) is 35.5 Å². The van der Waals surface area contributed by atoms with E-state index in [1.807, 2.05) is 86.6 Å². The summed E-state index contributed by atoms with van der Waals surface area (Å²) in [5.41, 5.74) is 4.95. The van der Waals surface area contributed by atoms with Gasteiger partial charge in [-0.3, -0.25) is 13.9 Å². The van der Waals surface area contributed by atoms with Crippen LogP contribution in [0, 0.1) is 24.7 Å². The molecule has 3 aromatic rings. The lowest BCUT2D eigenvalue weighted by molar-refractivity contribution is -0.200. The molecular weight excluding hydrogens is 770 g/mol. The van der Waals surface area contributed by atoms with Gasteiger partial charge in [0.2, 0.25) is 6.29 Å². The highest BCUT2D eigenvalue weighted by Gasteiger charge is 2.31. The highest BCUT2D eigenvalue weighted by atomic mass is 32.1. The van der Waals surface area contributed by atoms with E-state index >= 15 is 0 Å². The van der Waals surface area contributed by atoms with Gasteiger partial charge in [-0.15, -0.1) is 0 Å². The summed E-state index contributed by atoms with van der Waals surface area (Å²) in [6, 6.07) is 22.3. The van der Waals surface area contributed by atoms with E-state index < -0.39 is 31.9 Å². The molecule has 3 rings (SSSR count). The smallest absolute Gasteiger partial charge is 0.338 e. The summed E-state index contributed by atoms with van der Waals surface area (Å²) < 4.78 is 35.2. The van der Waals surface area contributed by atoms with E-state index in [4.69, 9.17) is 18.5 Å². The Labute approximate surface area is 348 Å². The van der Waals surface area contributed by atoms with Crippen molar-refractivity contribution in [1.82, 2.24) is 0 Å². The predicted molar refractivity (Wildman–Crippen MR) is 237 cm³/mol. The lowest BCUT2D eigenvalue weighted by atomic mass is 9.92. The van der Waals surface area contributed by atoms with Crippen molar-refractivity contribution >= 4 is 69.6 Å². The van der Waals surface area contributed by atoms with Gasteiger partial charge in [0.15, 0.2) is 6.10 Å². The lowest BCUT2D eigenvalue weighted by Gasteiger charge is -2.31. The van der Waals surface area contributed by atoms with E-state index in [-0.39, 0.29) is 57.9 Å². The van der Waals surface area contributed by atoms with Gasteiger partial charge < -0.3 is 29.5 Å². The minimum absolute atomic E-state index is 0. The first-order valence-corrected chi connectivity index (χ1v) is 20.8. The molecule has 14 heteroatoms. The van der Waals surface area contributed by atoms with Gasteiger partial charge in [0.25, 0.3) is 0 Å². The van der Waals surface area contributed by atoms with Gasteiger partial charge in [0.05, 0.1) is 24.4 Å². The molecule has 0 saturated heterocycles. The molecule has 0 bridgehead atoms. The van der Waals surface area contributed by atoms with E-state index in [1.54, 1.807) is 13.8 Å². The number of carbonyl (C=O) groups is 3. The first kappa shape index (κ1) is 50.5. The first-order chi connectivity index (χ1) is 25.5. The number of anilines is 3. The van der Waals surface area contributed by atoms with E-state index in [0.29, 0.717) is 29.6 Å². The molecule has 3 aromatic carbocycles. The monoisotopic (exact) mass is 833 g/mol. The molecule has 0 aliphatic rings. The predicted octanol–water partition coefficient (Wildman–Crippen LogP) is 10.4. The van der Waals surface area contributed by atoms with Crippen LogP contribution in [0.3, 0.4) is 0 Å². The maximum atomic E-state index is 13.4. The Morgan fingerprint density at radius 2 is 1.41 bits per heavy atom. The van der Waals surface area contributed by atoms with Crippen LogP contribution >= 0.6 is 34.6 Å². The first-order valence-electron chi connectivity index (χ1n) is 18.8. The molecule has 0 saturated carbocycles. The standard InChI is InChI=1S/C42H60N3O8P.2H2S/c1-11-34(24-39(46)51-41(30(6)7)52-40(47)32(9)53-54(10,49)50-27-33-15-13-12-14-16-33)35-19-22-38(45(25-28(2)3)26-29(4)5)37(23-35)44-42(48)43-36-20-17-31(8)18-21-36;;/h12-23,28-30,32,34,41H,11,24-27H2,1-10H3,(H2,43,44,48);2*1H2/t32-,34-,41?,54?;;/m0../s1. The normalized spacial score (nSPS) is 13.7. The molecule has 0 fully saturated rings. The van der Waals surface area contributed by atoms with Crippen molar-refractivity contribution in [2.45, 2.75) is 100 Å². The molecule has 0 spiro atoms. The molecule has 0 aliphatic heterocycles. The largest absolute Gasteiger partial charge is 0.425 e. The molecule has 2 amide bonds. The van der Waals surface area contributed by atoms with Crippen molar-refractivity contribution in [3.8, 4) is 0 Å². The maximum absolute atomic E-state index is 13.4.